The zero-order chi connectivity index (χ0) is 13.0. The molecule has 2 aromatic heterocycles. The van der Waals surface area contributed by atoms with Crippen LogP contribution in [-0.2, 0) is 0 Å². The monoisotopic (exact) mass is 245 g/mol. The van der Waals surface area contributed by atoms with Gasteiger partial charge in [-0.25, -0.2) is 9.78 Å². The summed E-state index contributed by atoms with van der Waals surface area (Å²) in [7, 11) is 0. The van der Waals surface area contributed by atoms with E-state index in [0.29, 0.717) is 0 Å². The van der Waals surface area contributed by atoms with E-state index in [1.807, 2.05) is 0 Å². The van der Waals surface area contributed by atoms with Gasteiger partial charge in [-0.3, -0.25) is 15.1 Å². The van der Waals surface area contributed by atoms with Gasteiger partial charge in [0.1, 0.15) is 5.69 Å². The molecule has 0 radical (unpaired) electrons. The van der Waals surface area contributed by atoms with E-state index >= 15 is 0 Å². The Kier molecular flexibility index (Phi) is 3.19. The molecule has 0 fully saturated rings. The van der Waals surface area contributed by atoms with Crippen LogP contribution in [0.25, 0.3) is 0 Å². The van der Waals surface area contributed by atoms with Crippen molar-refractivity contribution in [2.24, 2.45) is 0 Å². The molecule has 0 saturated carbocycles. The highest BCUT2D eigenvalue weighted by atomic mass is 16.4. The van der Waals surface area contributed by atoms with Gasteiger partial charge in [0.2, 0.25) is 5.95 Å². The third-order valence-electron chi connectivity index (χ3n) is 1.96. The molecule has 0 aromatic carbocycles. The summed E-state index contributed by atoms with van der Waals surface area (Å²) in [5.74, 6) is -1.97. The van der Waals surface area contributed by atoms with Crippen molar-refractivity contribution in [2.45, 2.75) is 0 Å². The SMILES string of the molecule is O=C(O)c1cccnc1C(=O)Nc1nccnn1. The van der Waals surface area contributed by atoms with Gasteiger partial charge < -0.3 is 5.11 Å². The van der Waals surface area contributed by atoms with Crippen LogP contribution in [0, 0.1) is 0 Å². The van der Waals surface area contributed by atoms with E-state index < -0.39 is 11.9 Å². The fourth-order valence-corrected chi connectivity index (χ4v) is 1.22. The average Bonchev–Trinajstić information content (AvgIpc) is 2.40. The first kappa shape index (κ1) is 11.6. The van der Waals surface area contributed by atoms with Crippen molar-refractivity contribution >= 4 is 17.8 Å². The quantitative estimate of drug-likeness (QED) is 0.793. The van der Waals surface area contributed by atoms with E-state index in [1.165, 1.54) is 30.7 Å². The van der Waals surface area contributed by atoms with Crippen LogP contribution in [0.1, 0.15) is 20.8 Å². The molecule has 2 aromatic rings. The van der Waals surface area contributed by atoms with Crippen LogP contribution >= 0.6 is 0 Å². The highest BCUT2D eigenvalue weighted by molar-refractivity contribution is 6.08. The summed E-state index contributed by atoms with van der Waals surface area (Å²) in [4.78, 5) is 30.2. The van der Waals surface area contributed by atoms with Crippen LogP contribution in [0.2, 0.25) is 0 Å². The van der Waals surface area contributed by atoms with Gasteiger partial charge in [0.05, 0.1) is 18.0 Å². The van der Waals surface area contributed by atoms with Crippen LogP contribution < -0.4 is 5.32 Å². The molecule has 0 aliphatic carbocycles. The van der Waals surface area contributed by atoms with Crippen molar-refractivity contribution < 1.29 is 14.7 Å². The minimum atomic E-state index is -1.24. The second kappa shape index (κ2) is 4.95. The first-order chi connectivity index (χ1) is 8.68. The van der Waals surface area contributed by atoms with E-state index in [4.69, 9.17) is 5.11 Å². The van der Waals surface area contributed by atoms with Gasteiger partial charge in [-0.15, -0.1) is 5.10 Å². The van der Waals surface area contributed by atoms with E-state index in [-0.39, 0.29) is 17.2 Å². The summed E-state index contributed by atoms with van der Waals surface area (Å²) in [6.07, 6.45) is 4.02. The Bertz CT molecular complexity index is 587. The lowest BCUT2D eigenvalue weighted by Gasteiger charge is -2.04. The Balaban J connectivity index is 2.27. The minimum Gasteiger partial charge on any atom is -0.478 e. The fraction of sp³-hybridized carbons (Fsp3) is 0. The molecule has 0 spiro atoms. The molecule has 8 nitrogen and oxygen atoms in total. The summed E-state index contributed by atoms with van der Waals surface area (Å²) in [6, 6.07) is 2.72. The number of hydrogen-bond donors (Lipinski definition) is 2. The number of carbonyl (C=O) groups is 2. The summed E-state index contributed by atoms with van der Waals surface area (Å²) in [5, 5.41) is 18.3. The normalized spacial score (nSPS) is 9.78. The van der Waals surface area contributed by atoms with Gasteiger partial charge in [-0.1, -0.05) is 0 Å². The molecule has 2 rings (SSSR count). The van der Waals surface area contributed by atoms with Crippen molar-refractivity contribution in [1.29, 1.82) is 0 Å². The lowest BCUT2D eigenvalue weighted by atomic mass is 10.2. The molecule has 2 heterocycles. The van der Waals surface area contributed by atoms with E-state index in [1.54, 1.807) is 0 Å². The third-order valence-corrected chi connectivity index (χ3v) is 1.96. The Hall–Kier alpha value is -2.90. The molecule has 0 bridgehead atoms. The molecule has 8 heteroatoms. The van der Waals surface area contributed by atoms with Crippen molar-refractivity contribution in [3.63, 3.8) is 0 Å². The number of rotatable bonds is 3. The second-order valence-electron chi connectivity index (χ2n) is 3.13. The van der Waals surface area contributed by atoms with E-state index in [0.717, 1.165) is 0 Å². The van der Waals surface area contributed by atoms with Crippen molar-refractivity contribution in [2.75, 3.05) is 5.32 Å². The van der Waals surface area contributed by atoms with Crippen LogP contribution in [0.5, 0.6) is 0 Å². The van der Waals surface area contributed by atoms with Gasteiger partial charge in [-0.05, 0) is 12.1 Å². The lowest BCUT2D eigenvalue weighted by molar-refractivity contribution is 0.0691. The summed E-state index contributed by atoms with van der Waals surface area (Å²) in [6.45, 7) is 0. The number of anilines is 1. The minimum absolute atomic E-state index is 0.0236. The number of hydrogen-bond acceptors (Lipinski definition) is 6. The first-order valence-electron chi connectivity index (χ1n) is 4.82. The standard InChI is InChI=1S/C10H7N5O3/c16-8(14-10-12-4-5-13-15-10)7-6(9(17)18)2-1-3-11-7/h1-5H,(H,17,18)(H,12,14,15,16). The molecule has 0 aliphatic rings. The van der Waals surface area contributed by atoms with Gasteiger partial charge >= 0.3 is 5.97 Å². The van der Waals surface area contributed by atoms with Crippen LogP contribution in [-0.4, -0.2) is 37.1 Å². The molecule has 0 saturated heterocycles. The van der Waals surface area contributed by atoms with E-state index in [9.17, 15) is 9.59 Å². The van der Waals surface area contributed by atoms with Crippen LogP contribution in [0.3, 0.4) is 0 Å². The highest BCUT2D eigenvalue weighted by Crippen LogP contribution is 2.07. The molecule has 0 unspecified atom stereocenters. The van der Waals surface area contributed by atoms with Gasteiger partial charge in [-0.2, -0.15) is 5.10 Å². The number of carboxylic acids is 1. The van der Waals surface area contributed by atoms with Gasteiger partial charge in [0.25, 0.3) is 5.91 Å². The second-order valence-corrected chi connectivity index (χ2v) is 3.13. The topological polar surface area (TPSA) is 118 Å². The number of nitrogens with zero attached hydrogens (tertiary/aromatic N) is 4. The Morgan fingerprint density at radius 2 is 2.00 bits per heavy atom. The highest BCUT2D eigenvalue weighted by Gasteiger charge is 2.18. The van der Waals surface area contributed by atoms with Gasteiger partial charge in [0, 0.05) is 6.20 Å². The summed E-state index contributed by atoms with van der Waals surface area (Å²) < 4.78 is 0. The number of aromatic carboxylic acids is 1. The number of nitrogens with one attached hydrogen (secondary N) is 1. The number of aromatic nitrogens is 4. The Morgan fingerprint density at radius 1 is 1.17 bits per heavy atom. The molecule has 18 heavy (non-hydrogen) atoms. The number of amides is 1. The van der Waals surface area contributed by atoms with Crippen molar-refractivity contribution in [3.05, 3.63) is 42.0 Å². The molecule has 2 N–H and O–H groups in total. The largest absolute Gasteiger partial charge is 0.478 e. The van der Waals surface area contributed by atoms with Gasteiger partial charge in [0.15, 0.2) is 0 Å². The predicted octanol–water partition coefficient (Wildman–Crippen LogP) is 0.217. The maximum atomic E-state index is 11.8. The molecule has 90 valence electrons. The summed E-state index contributed by atoms with van der Waals surface area (Å²) >= 11 is 0. The Morgan fingerprint density at radius 3 is 2.67 bits per heavy atom. The van der Waals surface area contributed by atoms with E-state index in [2.05, 4.69) is 25.5 Å². The lowest BCUT2D eigenvalue weighted by Crippen LogP contribution is -2.19. The molecule has 0 aliphatic heterocycles. The first-order valence-corrected chi connectivity index (χ1v) is 4.82. The maximum absolute atomic E-state index is 11.8. The van der Waals surface area contributed by atoms with Crippen molar-refractivity contribution in [3.8, 4) is 0 Å². The average molecular weight is 245 g/mol. The maximum Gasteiger partial charge on any atom is 0.338 e. The summed E-state index contributed by atoms with van der Waals surface area (Å²) in [5.41, 5.74) is -0.406. The zero-order valence-corrected chi connectivity index (χ0v) is 8.94. The zero-order valence-electron chi connectivity index (χ0n) is 8.94. The van der Waals surface area contributed by atoms with Crippen molar-refractivity contribution in [1.82, 2.24) is 20.2 Å². The molecule has 0 atom stereocenters. The number of carbonyl (C=O) groups excluding carboxylic acids is 1. The van der Waals surface area contributed by atoms with Crippen LogP contribution in [0.4, 0.5) is 5.95 Å². The smallest absolute Gasteiger partial charge is 0.338 e. The number of pyridine rings is 1. The Labute approximate surface area is 101 Å². The van der Waals surface area contributed by atoms with Crippen LogP contribution in [0.15, 0.2) is 30.7 Å². The predicted molar refractivity (Wildman–Crippen MR) is 59.0 cm³/mol. The fourth-order valence-electron chi connectivity index (χ4n) is 1.22. The number of carboxylic acid groups (broad SMARTS) is 1. The molecular weight excluding hydrogens is 238 g/mol. The molecule has 1 amide bonds. The third kappa shape index (κ3) is 2.43. The molecular formula is C10H7N5O3.